The second kappa shape index (κ2) is 9.68. The third-order valence-corrected chi connectivity index (χ3v) is 5.81. The number of ether oxygens (including phenoxy) is 2. The molecule has 166 valence electrons. The minimum atomic E-state index is -0.686. The molecule has 1 aliphatic heterocycles. The number of nitrogens with one attached hydrogen (secondary N) is 1. The van der Waals surface area contributed by atoms with Gasteiger partial charge in [-0.05, 0) is 42.2 Å². The molecule has 2 aromatic carbocycles. The van der Waals surface area contributed by atoms with E-state index in [1.807, 2.05) is 30.3 Å². The van der Waals surface area contributed by atoms with Crippen molar-refractivity contribution in [2.24, 2.45) is 0 Å². The SMILES string of the molecule is COc1ccc(C=C2C(=O)NC(=O)N(C3CCCCC3)C2=O)cc1OCc1ccccc1. The van der Waals surface area contributed by atoms with Crippen molar-refractivity contribution in [3.63, 3.8) is 0 Å². The van der Waals surface area contributed by atoms with E-state index in [1.165, 1.54) is 11.0 Å². The van der Waals surface area contributed by atoms with Gasteiger partial charge >= 0.3 is 6.03 Å². The summed E-state index contributed by atoms with van der Waals surface area (Å²) in [4.78, 5) is 39.1. The molecule has 0 atom stereocenters. The van der Waals surface area contributed by atoms with Gasteiger partial charge in [-0.25, -0.2) is 4.79 Å². The van der Waals surface area contributed by atoms with Crippen LogP contribution in [-0.4, -0.2) is 35.9 Å². The summed E-state index contributed by atoms with van der Waals surface area (Å²) in [6, 6.07) is 14.1. The van der Waals surface area contributed by atoms with Gasteiger partial charge in [0.2, 0.25) is 0 Å². The molecule has 2 aliphatic rings. The van der Waals surface area contributed by atoms with Crippen LogP contribution in [0.3, 0.4) is 0 Å². The predicted octanol–water partition coefficient (Wildman–Crippen LogP) is 4.07. The lowest BCUT2D eigenvalue weighted by molar-refractivity contribution is -0.132. The van der Waals surface area contributed by atoms with E-state index in [0.29, 0.717) is 23.7 Å². The number of benzene rings is 2. The van der Waals surface area contributed by atoms with Crippen LogP contribution in [0.15, 0.2) is 54.1 Å². The maximum atomic E-state index is 13.1. The Morgan fingerprint density at radius 1 is 1.00 bits per heavy atom. The average Bonchev–Trinajstić information content (AvgIpc) is 2.82. The molecule has 7 heteroatoms. The summed E-state index contributed by atoms with van der Waals surface area (Å²) in [7, 11) is 1.55. The predicted molar refractivity (Wildman–Crippen MR) is 119 cm³/mol. The van der Waals surface area contributed by atoms with Gasteiger partial charge in [0.1, 0.15) is 12.2 Å². The Balaban J connectivity index is 1.59. The summed E-state index contributed by atoms with van der Waals surface area (Å²) in [5, 5.41) is 2.31. The molecule has 0 aromatic heterocycles. The monoisotopic (exact) mass is 434 g/mol. The van der Waals surface area contributed by atoms with Crippen molar-refractivity contribution >= 4 is 23.9 Å². The maximum absolute atomic E-state index is 13.1. The molecule has 0 bridgehead atoms. The van der Waals surface area contributed by atoms with Crippen LogP contribution in [0.4, 0.5) is 4.79 Å². The molecule has 0 radical (unpaired) electrons. The Bertz CT molecular complexity index is 1040. The Labute approximate surface area is 187 Å². The lowest BCUT2D eigenvalue weighted by Gasteiger charge is -2.35. The van der Waals surface area contributed by atoms with E-state index in [-0.39, 0.29) is 11.6 Å². The number of carbonyl (C=O) groups excluding carboxylic acids is 3. The first-order valence-corrected chi connectivity index (χ1v) is 10.8. The number of nitrogens with zero attached hydrogens (tertiary/aromatic N) is 1. The molecule has 1 saturated carbocycles. The summed E-state index contributed by atoms with van der Waals surface area (Å²) in [6.45, 7) is 0.348. The number of urea groups is 1. The minimum Gasteiger partial charge on any atom is -0.493 e. The highest BCUT2D eigenvalue weighted by atomic mass is 16.5. The van der Waals surface area contributed by atoms with Crippen molar-refractivity contribution in [1.82, 2.24) is 10.2 Å². The van der Waals surface area contributed by atoms with E-state index in [2.05, 4.69) is 5.32 Å². The summed E-state index contributed by atoms with van der Waals surface area (Å²) in [5.41, 5.74) is 1.54. The van der Waals surface area contributed by atoms with E-state index in [1.54, 1.807) is 25.3 Å². The molecule has 1 heterocycles. The van der Waals surface area contributed by atoms with Crippen LogP contribution < -0.4 is 14.8 Å². The van der Waals surface area contributed by atoms with E-state index >= 15 is 0 Å². The number of hydrogen-bond acceptors (Lipinski definition) is 5. The van der Waals surface area contributed by atoms with Gasteiger partial charge in [0, 0.05) is 6.04 Å². The summed E-state index contributed by atoms with van der Waals surface area (Å²) >= 11 is 0. The molecule has 32 heavy (non-hydrogen) atoms. The fraction of sp³-hybridized carbons (Fsp3) is 0.320. The molecule has 1 N–H and O–H groups in total. The topological polar surface area (TPSA) is 84.9 Å². The highest BCUT2D eigenvalue weighted by Crippen LogP contribution is 2.31. The quantitative estimate of drug-likeness (QED) is 0.547. The van der Waals surface area contributed by atoms with Gasteiger partial charge in [-0.2, -0.15) is 0 Å². The lowest BCUT2D eigenvalue weighted by atomic mass is 9.93. The van der Waals surface area contributed by atoms with E-state index in [9.17, 15) is 14.4 Å². The fourth-order valence-electron chi connectivity index (χ4n) is 4.14. The molecule has 4 amide bonds. The van der Waals surface area contributed by atoms with Crippen LogP contribution in [0.25, 0.3) is 6.08 Å². The number of barbiturate groups is 1. The van der Waals surface area contributed by atoms with Gasteiger partial charge in [0.25, 0.3) is 11.8 Å². The molecular formula is C25H26N2O5. The second-order valence-electron chi connectivity index (χ2n) is 7.97. The molecular weight excluding hydrogens is 408 g/mol. The van der Waals surface area contributed by atoms with Gasteiger partial charge in [-0.1, -0.05) is 55.7 Å². The fourth-order valence-corrected chi connectivity index (χ4v) is 4.14. The van der Waals surface area contributed by atoms with Crippen LogP contribution in [0.1, 0.15) is 43.2 Å². The highest BCUT2D eigenvalue weighted by Gasteiger charge is 2.40. The average molecular weight is 434 g/mol. The zero-order valence-corrected chi connectivity index (χ0v) is 18.0. The van der Waals surface area contributed by atoms with Crippen LogP contribution in [0, 0.1) is 0 Å². The smallest absolute Gasteiger partial charge is 0.331 e. The van der Waals surface area contributed by atoms with Gasteiger partial charge < -0.3 is 9.47 Å². The molecule has 2 aromatic rings. The van der Waals surface area contributed by atoms with Crippen molar-refractivity contribution in [1.29, 1.82) is 0 Å². The first-order valence-electron chi connectivity index (χ1n) is 10.8. The van der Waals surface area contributed by atoms with Crippen molar-refractivity contribution in [3.05, 3.63) is 65.2 Å². The first kappa shape index (κ1) is 21.6. The van der Waals surface area contributed by atoms with Crippen molar-refractivity contribution < 1.29 is 23.9 Å². The van der Waals surface area contributed by atoms with Crippen molar-refractivity contribution in [2.75, 3.05) is 7.11 Å². The number of hydrogen-bond donors (Lipinski definition) is 1. The van der Waals surface area contributed by atoms with Crippen LogP contribution in [0.5, 0.6) is 11.5 Å². The summed E-state index contributed by atoms with van der Waals surface area (Å²) < 4.78 is 11.3. The van der Waals surface area contributed by atoms with Gasteiger partial charge in [0.15, 0.2) is 11.5 Å². The molecule has 1 saturated heterocycles. The molecule has 7 nitrogen and oxygen atoms in total. The van der Waals surface area contributed by atoms with Crippen LogP contribution >= 0.6 is 0 Å². The van der Waals surface area contributed by atoms with Crippen molar-refractivity contribution in [3.8, 4) is 11.5 Å². The zero-order chi connectivity index (χ0) is 22.5. The van der Waals surface area contributed by atoms with Gasteiger partial charge in [0.05, 0.1) is 7.11 Å². The van der Waals surface area contributed by atoms with Gasteiger partial charge in [-0.3, -0.25) is 19.8 Å². The Hall–Kier alpha value is -3.61. The molecule has 4 rings (SSSR count). The first-order chi connectivity index (χ1) is 15.6. The molecule has 0 spiro atoms. The third-order valence-electron chi connectivity index (χ3n) is 5.81. The highest BCUT2D eigenvalue weighted by molar-refractivity contribution is 6.31. The Morgan fingerprint density at radius 2 is 1.75 bits per heavy atom. The minimum absolute atomic E-state index is 0.0608. The summed E-state index contributed by atoms with van der Waals surface area (Å²) in [6.07, 6.45) is 6.06. The van der Waals surface area contributed by atoms with E-state index < -0.39 is 17.8 Å². The van der Waals surface area contributed by atoms with Gasteiger partial charge in [-0.15, -0.1) is 0 Å². The Morgan fingerprint density at radius 3 is 2.47 bits per heavy atom. The van der Waals surface area contributed by atoms with Crippen LogP contribution in [-0.2, 0) is 16.2 Å². The largest absolute Gasteiger partial charge is 0.493 e. The number of methoxy groups -OCH3 is 1. The number of rotatable bonds is 6. The third kappa shape index (κ3) is 4.66. The van der Waals surface area contributed by atoms with E-state index in [4.69, 9.17) is 9.47 Å². The zero-order valence-electron chi connectivity index (χ0n) is 18.0. The number of imide groups is 2. The molecule has 2 fully saturated rings. The second-order valence-corrected chi connectivity index (χ2v) is 7.97. The Kier molecular flexibility index (Phi) is 6.54. The molecule has 1 aliphatic carbocycles. The lowest BCUT2D eigenvalue weighted by Crippen LogP contribution is -2.58. The van der Waals surface area contributed by atoms with Crippen molar-refractivity contribution in [2.45, 2.75) is 44.8 Å². The number of carbonyl (C=O) groups is 3. The number of amides is 4. The van der Waals surface area contributed by atoms with E-state index in [0.717, 1.165) is 37.7 Å². The summed E-state index contributed by atoms with van der Waals surface area (Å²) in [5.74, 6) is -0.195. The maximum Gasteiger partial charge on any atom is 0.331 e. The van der Waals surface area contributed by atoms with Crippen LogP contribution in [0.2, 0.25) is 0 Å². The normalized spacial score (nSPS) is 18.6. The standard InChI is InChI=1S/C25H26N2O5/c1-31-21-13-12-18(15-22(21)32-16-17-8-4-2-5-9-17)14-20-23(28)26-25(30)27(24(20)29)19-10-6-3-7-11-19/h2,4-5,8-9,12-15,19H,3,6-7,10-11,16H2,1H3,(H,26,28,30). The molecule has 0 unspecified atom stereocenters.